The van der Waals surface area contributed by atoms with E-state index >= 15 is 0 Å². The van der Waals surface area contributed by atoms with Gasteiger partial charge < -0.3 is 20.5 Å². The van der Waals surface area contributed by atoms with Crippen LogP contribution in [0.4, 0.5) is 15.8 Å². The van der Waals surface area contributed by atoms with Crippen LogP contribution >= 0.6 is 11.6 Å². The van der Waals surface area contributed by atoms with Gasteiger partial charge in [-0.15, -0.1) is 0 Å². The van der Waals surface area contributed by atoms with Crippen molar-refractivity contribution in [3.63, 3.8) is 0 Å². The quantitative estimate of drug-likeness (QED) is 0.307. The normalized spacial score (nSPS) is 10.7. The molecule has 0 aromatic heterocycles. The number of carbonyl (C=O) groups is 3. The molecule has 10 heteroatoms. The molecule has 0 aliphatic carbocycles. The van der Waals surface area contributed by atoms with Crippen LogP contribution in [0, 0.1) is 17.1 Å². The Kier molecular flexibility index (Phi) is 8.16. The Morgan fingerprint density at radius 2 is 1.77 bits per heavy atom. The zero-order valence-corrected chi connectivity index (χ0v) is 18.7. The fourth-order valence-electron chi connectivity index (χ4n) is 2.84. The van der Waals surface area contributed by atoms with E-state index in [1.807, 2.05) is 0 Å². The largest absolute Gasteiger partial charge is 0.482 e. The smallest absolute Gasteiger partial charge is 0.335 e. The standard InChI is InChI=1S/C25H17ClFN3O5/c26-21-11-15(4-9-22(21)35-14-23(31)29-19-7-5-18(27)6-8-19)10-17(13-28)24(32)30-20-3-1-2-16(12-20)25(33)34/h1-12H,14H2,(H,29,31)(H,30,32)(H,33,34)/b17-10-. The van der Waals surface area contributed by atoms with Crippen molar-refractivity contribution in [2.45, 2.75) is 0 Å². The monoisotopic (exact) mass is 493 g/mol. The molecule has 0 saturated heterocycles. The Balaban J connectivity index is 1.64. The predicted molar refractivity (Wildman–Crippen MR) is 128 cm³/mol. The average molecular weight is 494 g/mol. The third kappa shape index (κ3) is 7.15. The Morgan fingerprint density at radius 3 is 2.43 bits per heavy atom. The first kappa shape index (κ1) is 25.0. The van der Waals surface area contributed by atoms with Gasteiger partial charge in [0.05, 0.1) is 10.6 Å². The Labute approximate surface area is 204 Å². The highest BCUT2D eigenvalue weighted by Gasteiger charge is 2.12. The first-order valence-electron chi connectivity index (χ1n) is 9.99. The van der Waals surface area contributed by atoms with E-state index in [4.69, 9.17) is 21.4 Å². The summed E-state index contributed by atoms with van der Waals surface area (Å²) in [6, 6.07) is 17.1. The number of carboxylic acid groups (broad SMARTS) is 1. The first-order chi connectivity index (χ1) is 16.7. The second kappa shape index (κ2) is 11.4. The second-order valence-electron chi connectivity index (χ2n) is 7.04. The summed E-state index contributed by atoms with van der Waals surface area (Å²) in [6.45, 7) is -0.354. The fourth-order valence-corrected chi connectivity index (χ4v) is 3.08. The van der Waals surface area contributed by atoms with Gasteiger partial charge in [-0.25, -0.2) is 9.18 Å². The summed E-state index contributed by atoms with van der Waals surface area (Å²) >= 11 is 6.21. The molecule has 3 aromatic carbocycles. The van der Waals surface area contributed by atoms with Crippen molar-refractivity contribution >= 4 is 46.8 Å². The van der Waals surface area contributed by atoms with Crippen molar-refractivity contribution in [2.75, 3.05) is 17.2 Å². The number of carbonyl (C=O) groups excluding carboxylic acids is 2. The zero-order chi connectivity index (χ0) is 25.4. The van der Waals surface area contributed by atoms with Gasteiger partial charge in [-0.2, -0.15) is 5.26 Å². The molecule has 0 atom stereocenters. The molecule has 0 saturated carbocycles. The van der Waals surface area contributed by atoms with Crippen molar-refractivity contribution in [3.05, 3.63) is 94.3 Å². The van der Waals surface area contributed by atoms with E-state index in [0.29, 0.717) is 11.3 Å². The van der Waals surface area contributed by atoms with Crippen molar-refractivity contribution in [3.8, 4) is 11.8 Å². The molecule has 0 fully saturated rings. The van der Waals surface area contributed by atoms with Crippen LogP contribution in [0.1, 0.15) is 15.9 Å². The van der Waals surface area contributed by atoms with Crippen LogP contribution in [0.3, 0.4) is 0 Å². The van der Waals surface area contributed by atoms with E-state index < -0.39 is 23.6 Å². The summed E-state index contributed by atoms with van der Waals surface area (Å²) in [6.07, 6.45) is 1.30. The number of rotatable bonds is 8. The van der Waals surface area contributed by atoms with Crippen LogP contribution < -0.4 is 15.4 Å². The van der Waals surface area contributed by atoms with Gasteiger partial charge in [-0.1, -0.05) is 23.7 Å². The van der Waals surface area contributed by atoms with Gasteiger partial charge >= 0.3 is 5.97 Å². The highest BCUT2D eigenvalue weighted by Crippen LogP contribution is 2.26. The lowest BCUT2D eigenvalue weighted by atomic mass is 10.1. The molecule has 2 amide bonds. The number of hydrogen-bond donors (Lipinski definition) is 3. The fraction of sp³-hybridized carbons (Fsp3) is 0.0400. The minimum atomic E-state index is -1.15. The maximum Gasteiger partial charge on any atom is 0.335 e. The third-order valence-electron chi connectivity index (χ3n) is 4.49. The first-order valence-corrected chi connectivity index (χ1v) is 10.4. The van der Waals surface area contributed by atoms with Gasteiger partial charge in [-0.3, -0.25) is 9.59 Å². The third-order valence-corrected chi connectivity index (χ3v) is 4.78. The van der Waals surface area contributed by atoms with Crippen LogP contribution in [0.2, 0.25) is 5.02 Å². The van der Waals surface area contributed by atoms with E-state index in [1.165, 1.54) is 72.8 Å². The number of nitrogens with one attached hydrogen (secondary N) is 2. The van der Waals surface area contributed by atoms with Gasteiger partial charge in [0, 0.05) is 11.4 Å². The van der Waals surface area contributed by atoms with Crippen molar-refractivity contribution < 1.29 is 28.6 Å². The van der Waals surface area contributed by atoms with Gasteiger partial charge in [0.15, 0.2) is 6.61 Å². The second-order valence-corrected chi connectivity index (χ2v) is 7.45. The summed E-state index contributed by atoms with van der Waals surface area (Å²) in [7, 11) is 0. The predicted octanol–water partition coefficient (Wildman–Crippen LogP) is 4.74. The maximum atomic E-state index is 12.9. The number of nitriles is 1. The lowest BCUT2D eigenvalue weighted by molar-refractivity contribution is -0.118. The van der Waals surface area contributed by atoms with E-state index in [0.717, 1.165) is 0 Å². The molecule has 8 nitrogen and oxygen atoms in total. The van der Waals surface area contributed by atoms with Crippen molar-refractivity contribution in [1.29, 1.82) is 5.26 Å². The molecular weight excluding hydrogens is 477 g/mol. The summed E-state index contributed by atoms with van der Waals surface area (Å²) in [5, 5.41) is 23.6. The summed E-state index contributed by atoms with van der Waals surface area (Å²) < 4.78 is 18.3. The zero-order valence-electron chi connectivity index (χ0n) is 17.9. The molecule has 35 heavy (non-hydrogen) atoms. The van der Waals surface area contributed by atoms with E-state index in [2.05, 4.69) is 10.6 Å². The number of anilines is 2. The number of halogens is 2. The number of carboxylic acids is 1. The number of aromatic carboxylic acids is 1. The van der Waals surface area contributed by atoms with E-state index in [9.17, 15) is 24.0 Å². The molecular formula is C25H17ClFN3O5. The maximum absolute atomic E-state index is 12.9. The number of ether oxygens (including phenoxy) is 1. The lowest BCUT2D eigenvalue weighted by Crippen LogP contribution is -2.20. The summed E-state index contributed by atoms with van der Waals surface area (Å²) in [5.41, 5.74) is 0.789. The van der Waals surface area contributed by atoms with Gasteiger partial charge in [0.2, 0.25) is 0 Å². The van der Waals surface area contributed by atoms with Crippen LogP contribution in [0.5, 0.6) is 5.75 Å². The number of nitrogens with zero attached hydrogens (tertiary/aromatic N) is 1. The van der Waals surface area contributed by atoms with Crippen LogP contribution in [0.15, 0.2) is 72.3 Å². The average Bonchev–Trinajstić information content (AvgIpc) is 2.83. The summed E-state index contributed by atoms with van der Waals surface area (Å²) in [4.78, 5) is 35.5. The molecule has 0 radical (unpaired) electrons. The van der Waals surface area contributed by atoms with E-state index in [-0.39, 0.29) is 34.2 Å². The SMILES string of the molecule is N#C/C(=C/c1ccc(OCC(=O)Nc2ccc(F)cc2)c(Cl)c1)C(=O)Nc1cccc(C(=O)O)c1. The van der Waals surface area contributed by atoms with Crippen molar-refractivity contribution in [2.24, 2.45) is 0 Å². The Bertz CT molecular complexity index is 1350. The minimum absolute atomic E-state index is 0.0148. The molecule has 0 aliphatic heterocycles. The molecule has 0 heterocycles. The minimum Gasteiger partial charge on any atom is -0.482 e. The highest BCUT2D eigenvalue weighted by atomic mass is 35.5. The highest BCUT2D eigenvalue weighted by molar-refractivity contribution is 6.32. The van der Waals surface area contributed by atoms with Gasteiger partial charge in [0.1, 0.15) is 23.2 Å². The van der Waals surface area contributed by atoms with Gasteiger partial charge in [-0.05, 0) is 66.2 Å². The van der Waals surface area contributed by atoms with Crippen molar-refractivity contribution in [1.82, 2.24) is 0 Å². The molecule has 0 unspecified atom stereocenters. The number of hydrogen-bond acceptors (Lipinski definition) is 5. The van der Waals surface area contributed by atoms with Crippen LogP contribution in [0.25, 0.3) is 6.08 Å². The lowest BCUT2D eigenvalue weighted by Gasteiger charge is -2.10. The van der Waals surface area contributed by atoms with E-state index in [1.54, 1.807) is 6.07 Å². The molecule has 0 bridgehead atoms. The molecule has 3 aromatic rings. The number of amides is 2. The van der Waals surface area contributed by atoms with Crippen LogP contribution in [-0.2, 0) is 9.59 Å². The number of benzene rings is 3. The molecule has 176 valence electrons. The molecule has 3 N–H and O–H groups in total. The molecule has 3 rings (SSSR count). The van der Waals surface area contributed by atoms with Crippen LogP contribution in [-0.4, -0.2) is 29.5 Å². The summed E-state index contributed by atoms with van der Waals surface area (Å²) in [5.74, 6) is -2.59. The molecule has 0 aliphatic rings. The molecule has 0 spiro atoms. The Hall–Kier alpha value is -4.68. The topological polar surface area (TPSA) is 129 Å². The van der Waals surface area contributed by atoms with Gasteiger partial charge in [0.25, 0.3) is 11.8 Å². The Morgan fingerprint density at radius 1 is 1.03 bits per heavy atom.